The lowest BCUT2D eigenvalue weighted by molar-refractivity contribution is 0.380. The second-order valence-corrected chi connectivity index (χ2v) is 7.55. The number of aryl methyl sites for hydroxylation is 2. The van der Waals surface area contributed by atoms with Crippen LogP contribution in [0.2, 0.25) is 0 Å². The summed E-state index contributed by atoms with van der Waals surface area (Å²) in [7, 11) is 0. The molecule has 2 N–H and O–H groups in total. The van der Waals surface area contributed by atoms with E-state index in [1.165, 1.54) is 5.52 Å². The molecule has 1 aliphatic heterocycles. The van der Waals surface area contributed by atoms with Gasteiger partial charge in [-0.2, -0.15) is 0 Å². The second kappa shape index (κ2) is 7.96. The molecule has 1 aromatic carbocycles. The predicted octanol–water partition coefficient (Wildman–Crippen LogP) is 2.33. The number of hydrogen-bond acceptors (Lipinski definition) is 5. The Labute approximate surface area is 163 Å². The van der Waals surface area contributed by atoms with Crippen LogP contribution in [0.25, 0.3) is 11.0 Å². The molecule has 0 unspecified atom stereocenters. The molecule has 27 heavy (non-hydrogen) atoms. The number of aliphatic imine (C=N–C) groups is 1. The minimum Gasteiger partial charge on any atom is -0.370 e. The molecule has 0 atom stereocenters. The van der Waals surface area contributed by atoms with Crippen LogP contribution >= 0.6 is 11.3 Å². The molecule has 7 nitrogen and oxygen atoms in total. The van der Waals surface area contributed by atoms with Crippen LogP contribution in [0.5, 0.6) is 0 Å². The van der Waals surface area contributed by atoms with Crippen molar-refractivity contribution in [2.24, 2.45) is 10.7 Å². The number of anilines is 1. The smallest absolute Gasteiger partial charge is 0.191 e. The number of nitrogens with two attached hydrogens (primary N) is 1. The lowest BCUT2D eigenvalue weighted by Gasteiger charge is -2.35. The minimum absolute atomic E-state index is 0.654. The van der Waals surface area contributed by atoms with E-state index in [1.54, 1.807) is 11.3 Å². The van der Waals surface area contributed by atoms with E-state index < -0.39 is 0 Å². The van der Waals surface area contributed by atoms with E-state index in [2.05, 4.69) is 54.5 Å². The molecule has 2 aromatic heterocycles. The third-order valence-corrected chi connectivity index (χ3v) is 5.78. The van der Waals surface area contributed by atoms with Crippen LogP contribution in [0, 0.1) is 6.92 Å². The quantitative estimate of drug-likeness (QED) is 0.416. The Bertz CT molecular complexity index is 907. The van der Waals surface area contributed by atoms with Crippen molar-refractivity contribution >= 4 is 33.5 Å². The van der Waals surface area contributed by atoms with Gasteiger partial charge in [-0.05, 0) is 25.5 Å². The molecule has 3 heterocycles. The molecule has 8 heteroatoms. The first-order chi connectivity index (χ1) is 13.2. The van der Waals surface area contributed by atoms with Gasteiger partial charge in [-0.15, -0.1) is 11.3 Å². The molecular formula is C19H25N7S. The summed E-state index contributed by atoms with van der Waals surface area (Å²) in [4.78, 5) is 18.1. The Balaban J connectivity index is 1.28. The van der Waals surface area contributed by atoms with E-state index in [9.17, 15) is 0 Å². The van der Waals surface area contributed by atoms with E-state index in [1.807, 2.05) is 17.6 Å². The number of nitrogens with zero attached hydrogens (tertiary/aromatic N) is 6. The van der Waals surface area contributed by atoms with E-state index in [-0.39, 0.29) is 0 Å². The first kappa shape index (κ1) is 17.8. The van der Waals surface area contributed by atoms with Crippen molar-refractivity contribution < 1.29 is 0 Å². The molecule has 3 aromatic rings. The lowest BCUT2D eigenvalue weighted by atomic mass is 10.3. The van der Waals surface area contributed by atoms with Crippen LogP contribution in [0.15, 0.2) is 40.8 Å². The zero-order valence-corrected chi connectivity index (χ0v) is 16.4. The fraction of sp³-hybridized carbons (Fsp3) is 0.421. The van der Waals surface area contributed by atoms with Gasteiger partial charge in [0.15, 0.2) is 11.1 Å². The Hall–Kier alpha value is -2.61. The van der Waals surface area contributed by atoms with Crippen LogP contribution in [0.4, 0.5) is 5.13 Å². The second-order valence-electron chi connectivity index (χ2n) is 6.68. The number of para-hydroxylation sites is 2. The van der Waals surface area contributed by atoms with E-state index in [4.69, 9.17) is 5.73 Å². The third-order valence-electron chi connectivity index (χ3n) is 4.95. The van der Waals surface area contributed by atoms with Crippen molar-refractivity contribution in [3.8, 4) is 0 Å². The van der Waals surface area contributed by atoms with Crippen LogP contribution in [0.3, 0.4) is 0 Å². The molecule has 1 aliphatic rings. The van der Waals surface area contributed by atoms with Crippen LogP contribution in [-0.2, 0) is 6.54 Å². The summed E-state index contributed by atoms with van der Waals surface area (Å²) in [6, 6.07) is 8.26. The molecule has 1 saturated heterocycles. The maximum Gasteiger partial charge on any atom is 0.191 e. The lowest BCUT2D eigenvalue weighted by Crippen LogP contribution is -2.51. The van der Waals surface area contributed by atoms with Crippen LogP contribution in [0.1, 0.15) is 12.2 Å². The summed E-state index contributed by atoms with van der Waals surface area (Å²) in [5.74, 6) is 1.70. The number of aromatic nitrogens is 3. The SMILES string of the molecule is Cc1nc2ccccc2n1CCCN=C(N)N1CCN(c2nccs2)CC1. The summed E-state index contributed by atoms with van der Waals surface area (Å²) in [6.45, 7) is 7.33. The van der Waals surface area contributed by atoms with Gasteiger partial charge < -0.3 is 20.1 Å². The normalized spacial score (nSPS) is 15.7. The Morgan fingerprint density at radius 3 is 2.81 bits per heavy atom. The number of thiazole rings is 1. The average Bonchev–Trinajstić information content (AvgIpc) is 3.33. The molecule has 0 saturated carbocycles. The molecule has 0 radical (unpaired) electrons. The van der Waals surface area contributed by atoms with E-state index >= 15 is 0 Å². The molecule has 0 spiro atoms. The van der Waals surface area contributed by atoms with E-state index in [0.717, 1.165) is 62.2 Å². The van der Waals surface area contributed by atoms with Crippen molar-refractivity contribution in [2.75, 3.05) is 37.6 Å². The minimum atomic E-state index is 0.654. The van der Waals surface area contributed by atoms with Crippen molar-refractivity contribution in [3.63, 3.8) is 0 Å². The molecule has 0 aliphatic carbocycles. The van der Waals surface area contributed by atoms with Crippen molar-refractivity contribution in [1.29, 1.82) is 0 Å². The first-order valence-electron chi connectivity index (χ1n) is 9.33. The summed E-state index contributed by atoms with van der Waals surface area (Å²) in [5.41, 5.74) is 8.46. The summed E-state index contributed by atoms with van der Waals surface area (Å²) >= 11 is 1.68. The summed E-state index contributed by atoms with van der Waals surface area (Å²) in [6.07, 6.45) is 2.80. The van der Waals surface area contributed by atoms with Gasteiger partial charge in [0.2, 0.25) is 0 Å². The number of imidazole rings is 1. The predicted molar refractivity (Wildman–Crippen MR) is 111 cm³/mol. The summed E-state index contributed by atoms with van der Waals surface area (Å²) < 4.78 is 2.26. The number of benzene rings is 1. The monoisotopic (exact) mass is 383 g/mol. The average molecular weight is 384 g/mol. The highest BCUT2D eigenvalue weighted by molar-refractivity contribution is 7.13. The van der Waals surface area contributed by atoms with Gasteiger partial charge in [0.05, 0.1) is 11.0 Å². The van der Waals surface area contributed by atoms with Gasteiger partial charge >= 0.3 is 0 Å². The number of fused-ring (bicyclic) bond motifs is 1. The van der Waals surface area contributed by atoms with Crippen LogP contribution in [-0.4, -0.2) is 58.1 Å². The number of guanidine groups is 1. The molecule has 0 amide bonds. The first-order valence-corrected chi connectivity index (χ1v) is 10.2. The molecule has 1 fully saturated rings. The maximum absolute atomic E-state index is 6.22. The Morgan fingerprint density at radius 2 is 2.04 bits per heavy atom. The zero-order valence-electron chi connectivity index (χ0n) is 15.6. The van der Waals surface area contributed by atoms with Gasteiger partial charge in [0, 0.05) is 50.8 Å². The standard InChI is InChI=1S/C19H25N7S/c1-15-23-16-5-2-3-6-17(16)26(15)9-4-7-21-18(20)24-10-12-25(13-11-24)19-22-8-14-27-19/h2-3,5-6,8,14H,4,7,9-13H2,1H3,(H2,20,21). The highest BCUT2D eigenvalue weighted by Crippen LogP contribution is 2.19. The zero-order chi connectivity index (χ0) is 18.6. The number of hydrogen-bond donors (Lipinski definition) is 1. The van der Waals surface area contributed by atoms with Gasteiger partial charge in [0.1, 0.15) is 5.82 Å². The molecular weight excluding hydrogens is 358 g/mol. The van der Waals surface area contributed by atoms with Crippen molar-refractivity contribution in [3.05, 3.63) is 41.7 Å². The van der Waals surface area contributed by atoms with E-state index in [0.29, 0.717) is 5.96 Å². The number of rotatable bonds is 5. The fourth-order valence-electron chi connectivity index (χ4n) is 3.50. The van der Waals surface area contributed by atoms with Crippen LogP contribution < -0.4 is 10.6 Å². The van der Waals surface area contributed by atoms with Crippen molar-refractivity contribution in [2.45, 2.75) is 19.9 Å². The molecule has 4 rings (SSSR count). The summed E-state index contributed by atoms with van der Waals surface area (Å²) in [5, 5.41) is 3.11. The van der Waals surface area contributed by atoms with Gasteiger partial charge in [-0.1, -0.05) is 12.1 Å². The third kappa shape index (κ3) is 3.90. The highest BCUT2D eigenvalue weighted by Gasteiger charge is 2.19. The van der Waals surface area contributed by atoms with Crippen molar-refractivity contribution in [1.82, 2.24) is 19.4 Å². The molecule has 0 bridgehead atoms. The fourth-order valence-corrected chi connectivity index (χ4v) is 4.20. The number of piperazine rings is 1. The van der Waals surface area contributed by atoms with Gasteiger partial charge in [-0.3, -0.25) is 4.99 Å². The Morgan fingerprint density at radius 1 is 1.22 bits per heavy atom. The topological polar surface area (TPSA) is 75.6 Å². The van der Waals surface area contributed by atoms with Gasteiger partial charge in [-0.25, -0.2) is 9.97 Å². The highest BCUT2D eigenvalue weighted by atomic mass is 32.1. The Kier molecular flexibility index (Phi) is 5.24. The van der Waals surface area contributed by atoms with Gasteiger partial charge in [0.25, 0.3) is 0 Å². The largest absolute Gasteiger partial charge is 0.370 e. The maximum atomic E-state index is 6.22. The molecule has 142 valence electrons.